The minimum absolute atomic E-state index is 0. The number of fused-ring (bicyclic) bond motifs is 1. The van der Waals surface area contributed by atoms with Crippen LogP contribution in [0.3, 0.4) is 0 Å². The van der Waals surface area contributed by atoms with Crippen molar-refractivity contribution in [1.82, 2.24) is 5.32 Å². The van der Waals surface area contributed by atoms with E-state index in [1.165, 1.54) is 11.8 Å². The van der Waals surface area contributed by atoms with Gasteiger partial charge in [0, 0.05) is 16.7 Å². The van der Waals surface area contributed by atoms with Gasteiger partial charge < -0.3 is 30.4 Å². The van der Waals surface area contributed by atoms with Crippen molar-refractivity contribution in [2.24, 2.45) is 5.73 Å². The van der Waals surface area contributed by atoms with E-state index >= 15 is 0 Å². The first-order chi connectivity index (χ1) is 14.4. The number of nitrogens with zero attached hydrogens (tertiary/aromatic N) is 1. The molecule has 32 heavy (non-hydrogen) atoms. The number of hydrogen-bond donors (Lipinski definition) is 2. The number of anilines is 1. The molecule has 1 unspecified atom stereocenters. The molecule has 3 rings (SSSR count). The summed E-state index contributed by atoms with van der Waals surface area (Å²) < 4.78 is 0. The van der Waals surface area contributed by atoms with Crippen molar-refractivity contribution >= 4 is 35.3 Å². The molecule has 1 heterocycles. The number of amides is 1. The Balaban J connectivity index is 0.00000256. The quantitative estimate of drug-likeness (QED) is 0.361. The van der Waals surface area contributed by atoms with Gasteiger partial charge in [0.25, 0.3) is 0 Å². The fourth-order valence-electron chi connectivity index (χ4n) is 3.35. The molecule has 158 valence electrons. The van der Waals surface area contributed by atoms with E-state index in [-0.39, 0.29) is 71.3 Å². The van der Waals surface area contributed by atoms with Gasteiger partial charge in [-0.15, -0.1) is 11.8 Å². The average Bonchev–Trinajstić information content (AvgIpc) is 2.84. The number of carboxylic acid groups (broad SMARTS) is 2. The van der Waals surface area contributed by atoms with Gasteiger partial charge in [-0.2, -0.15) is 0 Å². The van der Waals surface area contributed by atoms with Crippen LogP contribution in [-0.2, 0) is 20.8 Å². The van der Waals surface area contributed by atoms with Crippen molar-refractivity contribution in [3.8, 4) is 0 Å². The van der Waals surface area contributed by atoms with Crippen molar-refractivity contribution in [3.63, 3.8) is 0 Å². The van der Waals surface area contributed by atoms with Gasteiger partial charge >= 0.3 is 59.1 Å². The first-order valence-electron chi connectivity index (χ1n) is 9.36. The molecule has 0 saturated heterocycles. The minimum atomic E-state index is -1.43. The molecule has 0 saturated carbocycles. The molecular weight excluding hydrogens is 452 g/mol. The number of carbonyl (C=O) groups is 3. The molecule has 0 radical (unpaired) electrons. The summed E-state index contributed by atoms with van der Waals surface area (Å²) >= 11 is 1.33. The third-order valence-electron chi connectivity index (χ3n) is 4.79. The molecule has 11 heteroatoms. The average molecular weight is 473 g/mol. The van der Waals surface area contributed by atoms with Crippen LogP contribution in [-0.4, -0.2) is 48.3 Å². The topological polar surface area (TPSA) is 139 Å². The normalized spacial score (nSPS) is 17.1. The van der Waals surface area contributed by atoms with Crippen LogP contribution < -0.4 is 85.3 Å². The van der Waals surface area contributed by atoms with Gasteiger partial charge in [-0.1, -0.05) is 42.5 Å². The standard InChI is InChI=1S/C21H23N3O5S.2Na/c22-14(10-13-6-2-1-3-7-13)19(21(28)29)23-15-12-30-17-9-5-4-8-16(17)24(20(15)27)11-18(25)26;;/h1-9,14-15,19,23H,10-12,22H2,(H,25,26)(H,28,29);;/q;2*+1/p-2/t14-,15-,19?;;/m0../s1. The number of thioether (sulfide) groups is 1. The third kappa shape index (κ3) is 7.58. The second-order valence-electron chi connectivity index (χ2n) is 6.94. The minimum Gasteiger partial charge on any atom is -0.548 e. The number of aliphatic carboxylic acids is 2. The van der Waals surface area contributed by atoms with Crippen LogP contribution in [0.25, 0.3) is 0 Å². The summed E-state index contributed by atoms with van der Waals surface area (Å²) in [5, 5.41) is 25.8. The van der Waals surface area contributed by atoms with E-state index in [0.29, 0.717) is 5.69 Å². The molecule has 1 aliphatic heterocycles. The zero-order valence-electron chi connectivity index (χ0n) is 18.0. The predicted octanol–water partition coefficient (Wildman–Crippen LogP) is -7.47. The summed E-state index contributed by atoms with van der Waals surface area (Å²) in [7, 11) is 0. The summed E-state index contributed by atoms with van der Waals surface area (Å²) in [6.45, 7) is -0.638. The molecule has 1 amide bonds. The second-order valence-corrected chi connectivity index (χ2v) is 8.01. The molecule has 2 aromatic carbocycles. The van der Waals surface area contributed by atoms with Gasteiger partial charge in [-0.25, -0.2) is 0 Å². The molecule has 0 bridgehead atoms. The predicted molar refractivity (Wildman–Crippen MR) is 108 cm³/mol. The fourth-order valence-corrected chi connectivity index (χ4v) is 4.44. The Morgan fingerprint density at radius 1 is 1.09 bits per heavy atom. The number of para-hydroxylation sites is 1. The van der Waals surface area contributed by atoms with E-state index in [9.17, 15) is 24.6 Å². The fraction of sp³-hybridized carbons (Fsp3) is 0.286. The van der Waals surface area contributed by atoms with Crippen LogP contribution in [0.1, 0.15) is 5.56 Å². The first-order valence-corrected chi connectivity index (χ1v) is 10.3. The number of nitrogens with one attached hydrogen (secondary N) is 1. The number of nitrogens with two attached hydrogens (primary N) is 1. The molecule has 0 aliphatic carbocycles. The molecule has 0 fully saturated rings. The zero-order valence-corrected chi connectivity index (χ0v) is 22.8. The maximum absolute atomic E-state index is 13.1. The Morgan fingerprint density at radius 2 is 1.72 bits per heavy atom. The largest absolute Gasteiger partial charge is 1.00 e. The summed E-state index contributed by atoms with van der Waals surface area (Å²) in [5.74, 6) is -3.19. The van der Waals surface area contributed by atoms with Crippen LogP contribution in [0.5, 0.6) is 0 Å². The van der Waals surface area contributed by atoms with Crippen molar-refractivity contribution < 1.29 is 83.7 Å². The molecule has 1 aliphatic rings. The number of carbonyl (C=O) groups excluding carboxylic acids is 3. The molecular formula is C21H21N3Na2O5S. The van der Waals surface area contributed by atoms with Crippen LogP contribution in [0.15, 0.2) is 59.5 Å². The maximum atomic E-state index is 13.1. The summed E-state index contributed by atoms with van der Waals surface area (Å²) in [6.07, 6.45) is 0.267. The molecule has 0 spiro atoms. The van der Waals surface area contributed by atoms with E-state index < -0.39 is 42.5 Å². The third-order valence-corrected chi connectivity index (χ3v) is 5.95. The molecule has 2 aromatic rings. The van der Waals surface area contributed by atoms with E-state index in [1.807, 2.05) is 30.3 Å². The van der Waals surface area contributed by atoms with Crippen LogP contribution in [0.2, 0.25) is 0 Å². The summed E-state index contributed by atoms with van der Waals surface area (Å²) in [6, 6.07) is 12.9. The number of hydrogen-bond acceptors (Lipinski definition) is 8. The maximum Gasteiger partial charge on any atom is 1.00 e. The second kappa shape index (κ2) is 13.7. The Bertz CT molecular complexity index is 935. The smallest absolute Gasteiger partial charge is 0.548 e. The van der Waals surface area contributed by atoms with Crippen LogP contribution in [0.4, 0.5) is 5.69 Å². The SMILES string of the molecule is N[C@@H](Cc1ccccc1)C(N[C@H]1CSc2ccccc2N(CC(=O)[O-])C1=O)C(=O)[O-].[Na+].[Na+]. The number of benzene rings is 2. The Kier molecular flexibility index (Phi) is 12.5. The van der Waals surface area contributed by atoms with Crippen LogP contribution in [0, 0.1) is 0 Å². The van der Waals surface area contributed by atoms with Crippen molar-refractivity contribution in [2.75, 3.05) is 17.2 Å². The van der Waals surface area contributed by atoms with Gasteiger partial charge in [-0.3, -0.25) is 10.1 Å². The van der Waals surface area contributed by atoms with Crippen LogP contribution >= 0.6 is 11.8 Å². The monoisotopic (exact) mass is 473 g/mol. The number of carboxylic acids is 2. The first kappa shape index (κ1) is 29.2. The molecule has 3 atom stereocenters. The molecule has 8 nitrogen and oxygen atoms in total. The van der Waals surface area contributed by atoms with Gasteiger partial charge in [0.15, 0.2) is 0 Å². The van der Waals surface area contributed by atoms with Gasteiger partial charge in [0.1, 0.15) is 0 Å². The van der Waals surface area contributed by atoms with E-state index in [0.717, 1.165) is 15.4 Å². The molecule has 3 N–H and O–H groups in total. The Morgan fingerprint density at radius 3 is 2.34 bits per heavy atom. The Labute approximate surface area is 234 Å². The van der Waals surface area contributed by atoms with Gasteiger partial charge in [0.05, 0.1) is 36.3 Å². The number of rotatable bonds is 8. The van der Waals surface area contributed by atoms with Crippen molar-refractivity contribution in [1.29, 1.82) is 0 Å². The summed E-state index contributed by atoms with van der Waals surface area (Å²) in [5.41, 5.74) is 7.43. The molecule has 0 aromatic heterocycles. The van der Waals surface area contributed by atoms with E-state index in [2.05, 4.69) is 5.32 Å². The van der Waals surface area contributed by atoms with E-state index in [4.69, 9.17) is 5.73 Å². The van der Waals surface area contributed by atoms with Gasteiger partial charge in [-0.05, 0) is 24.1 Å². The zero-order chi connectivity index (χ0) is 21.7. The summed E-state index contributed by atoms with van der Waals surface area (Å²) in [4.78, 5) is 37.9. The van der Waals surface area contributed by atoms with Gasteiger partial charge in [0.2, 0.25) is 5.91 Å². The van der Waals surface area contributed by atoms with E-state index in [1.54, 1.807) is 24.3 Å². The van der Waals surface area contributed by atoms with Crippen molar-refractivity contribution in [3.05, 3.63) is 60.2 Å². The Hall–Kier alpha value is -0.880. The van der Waals surface area contributed by atoms with Crippen molar-refractivity contribution in [2.45, 2.75) is 29.4 Å².